The lowest BCUT2D eigenvalue weighted by Crippen LogP contribution is -2.14. The Labute approximate surface area is 87.2 Å². The van der Waals surface area contributed by atoms with Gasteiger partial charge in [-0.05, 0) is 12.8 Å². The lowest BCUT2D eigenvalue weighted by molar-refractivity contribution is 0.0992. The Morgan fingerprint density at radius 3 is 2.87 bits per heavy atom. The first-order chi connectivity index (χ1) is 7.20. The zero-order valence-electron chi connectivity index (χ0n) is 8.40. The number of primary amides is 1. The molecule has 1 aromatic rings. The second-order valence-electron chi connectivity index (χ2n) is 3.40. The second kappa shape index (κ2) is 3.76. The van der Waals surface area contributed by atoms with Crippen molar-refractivity contribution in [2.45, 2.75) is 18.9 Å². The van der Waals surface area contributed by atoms with E-state index in [9.17, 15) is 4.79 Å². The van der Waals surface area contributed by atoms with E-state index in [1.54, 1.807) is 6.07 Å². The van der Waals surface area contributed by atoms with Gasteiger partial charge in [-0.1, -0.05) is 0 Å². The van der Waals surface area contributed by atoms with Gasteiger partial charge in [-0.3, -0.25) is 4.79 Å². The number of carbonyl (C=O) groups excluding carboxylic acids is 1. The van der Waals surface area contributed by atoms with Crippen molar-refractivity contribution in [2.24, 2.45) is 5.73 Å². The summed E-state index contributed by atoms with van der Waals surface area (Å²) in [5.41, 5.74) is 5.26. The summed E-state index contributed by atoms with van der Waals surface area (Å²) in [4.78, 5) is 14.9. The lowest BCUT2D eigenvalue weighted by atomic mass is 10.3. The van der Waals surface area contributed by atoms with Crippen molar-refractivity contribution in [1.82, 2.24) is 4.98 Å². The molecule has 2 N–H and O–H groups in total. The van der Waals surface area contributed by atoms with E-state index in [-0.39, 0.29) is 11.8 Å². The van der Waals surface area contributed by atoms with Crippen molar-refractivity contribution in [3.05, 3.63) is 18.0 Å². The third-order valence-corrected chi connectivity index (χ3v) is 2.11. The van der Waals surface area contributed by atoms with Gasteiger partial charge in [0.2, 0.25) is 0 Å². The van der Waals surface area contributed by atoms with Crippen LogP contribution in [0.1, 0.15) is 23.3 Å². The molecule has 0 aliphatic heterocycles. The summed E-state index contributed by atoms with van der Waals surface area (Å²) in [5, 5.41) is 0. The summed E-state index contributed by atoms with van der Waals surface area (Å²) in [7, 11) is 1.46. The van der Waals surface area contributed by atoms with Gasteiger partial charge in [-0.15, -0.1) is 0 Å². The molecule has 0 atom stereocenters. The molecule has 1 heterocycles. The van der Waals surface area contributed by atoms with E-state index in [1.165, 1.54) is 13.3 Å². The summed E-state index contributed by atoms with van der Waals surface area (Å²) in [6.45, 7) is 0. The van der Waals surface area contributed by atoms with E-state index in [1.807, 2.05) is 0 Å². The van der Waals surface area contributed by atoms with E-state index in [0.717, 1.165) is 12.8 Å². The number of methoxy groups -OCH3 is 1. The van der Waals surface area contributed by atoms with Crippen LogP contribution in [0.5, 0.6) is 11.5 Å². The highest BCUT2D eigenvalue weighted by Crippen LogP contribution is 2.29. The largest absolute Gasteiger partial charge is 0.494 e. The highest BCUT2D eigenvalue weighted by Gasteiger charge is 2.24. The van der Waals surface area contributed by atoms with Crippen molar-refractivity contribution in [1.29, 1.82) is 0 Å². The molecular formula is C10H12N2O3. The van der Waals surface area contributed by atoms with Crippen molar-refractivity contribution < 1.29 is 14.3 Å². The Kier molecular flexibility index (Phi) is 2.45. The molecular weight excluding hydrogens is 196 g/mol. The van der Waals surface area contributed by atoms with Crippen LogP contribution in [0.2, 0.25) is 0 Å². The molecule has 1 aliphatic rings. The van der Waals surface area contributed by atoms with E-state index in [0.29, 0.717) is 11.5 Å². The molecule has 1 fully saturated rings. The SMILES string of the molecule is COc1cc(OC2CC2)cnc1C(N)=O. The minimum absolute atomic E-state index is 0.126. The van der Waals surface area contributed by atoms with Gasteiger partial charge in [0.25, 0.3) is 5.91 Å². The van der Waals surface area contributed by atoms with E-state index >= 15 is 0 Å². The van der Waals surface area contributed by atoms with Crippen LogP contribution in [0.3, 0.4) is 0 Å². The molecule has 1 aliphatic carbocycles. The van der Waals surface area contributed by atoms with Gasteiger partial charge in [-0.25, -0.2) is 4.98 Å². The fourth-order valence-corrected chi connectivity index (χ4v) is 1.21. The highest BCUT2D eigenvalue weighted by atomic mass is 16.5. The molecule has 1 saturated carbocycles. The topological polar surface area (TPSA) is 74.4 Å². The number of hydrogen-bond acceptors (Lipinski definition) is 4. The maximum Gasteiger partial charge on any atom is 0.271 e. The molecule has 0 saturated heterocycles. The summed E-state index contributed by atoms with van der Waals surface area (Å²) in [5.74, 6) is 0.352. The van der Waals surface area contributed by atoms with Gasteiger partial charge in [0.15, 0.2) is 11.4 Å². The van der Waals surface area contributed by atoms with Gasteiger partial charge in [0.05, 0.1) is 19.4 Å². The highest BCUT2D eigenvalue weighted by molar-refractivity contribution is 5.93. The molecule has 15 heavy (non-hydrogen) atoms. The van der Waals surface area contributed by atoms with E-state index in [2.05, 4.69) is 4.98 Å². The predicted octanol–water partition coefficient (Wildman–Crippen LogP) is 0.730. The number of hydrogen-bond donors (Lipinski definition) is 1. The number of pyridine rings is 1. The summed E-state index contributed by atoms with van der Waals surface area (Å²) >= 11 is 0. The van der Waals surface area contributed by atoms with Crippen molar-refractivity contribution >= 4 is 5.91 Å². The molecule has 2 rings (SSSR count). The Morgan fingerprint density at radius 2 is 2.33 bits per heavy atom. The van der Waals surface area contributed by atoms with Gasteiger partial charge in [0.1, 0.15) is 5.75 Å². The van der Waals surface area contributed by atoms with Gasteiger partial charge in [-0.2, -0.15) is 0 Å². The number of rotatable bonds is 4. The molecule has 1 amide bonds. The molecule has 0 bridgehead atoms. The smallest absolute Gasteiger partial charge is 0.271 e. The number of nitrogens with two attached hydrogens (primary N) is 1. The van der Waals surface area contributed by atoms with E-state index in [4.69, 9.17) is 15.2 Å². The number of aromatic nitrogens is 1. The standard InChI is InChI=1S/C10H12N2O3/c1-14-8-4-7(15-6-2-3-6)5-12-9(8)10(11)13/h4-6H,2-3H2,1H3,(H2,11,13). The molecule has 0 unspecified atom stereocenters. The Bertz CT molecular complexity index is 388. The summed E-state index contributed by atoms with van der Waals surface area (Å²) in [6.07, 6.45) is 3.91. The van der Waals surface area contributed by atoms with Gasteiger partial charge < -0.3 is 15.2 Å². The molecule has 80 valence electrons. The van der Waals surface area contributed by atoms with Crippen LogP contribution in [0.15, 0.2) is 12.3 Å². The molecule has 0 aromatic carbocycles. The number of amides is 1. The molecule has 0 radical (unpaired) electrons. The maximum atomic E-state index is 11.0. The maximum absolute atomic E-state index is 11.0. The Morgan fingerprint density at radius 1 is 1.60 bits per heavy atom. The predicted molar refractivity (Wildman–Crippen MR) is 53.0 cm³/mol. The zero-order valence-corrected chi connectivity index (χ0v) is 8.40. The van der Waals surface area contributed by atoms with E-state index < -0.39 is 5.91 Å². The van der Waals surface area contributed by atoms with Gasteiger partial charge in [0, 0.05) is 6.07 Å². The minimum Gasteiger partial charge on any atom is -0.494 e. The molecule has 5 nitrogen and oxygen atoms in total. The average molecular weight is 208 g/mol. The Hall–Kier alpha value is -1.78. The third kappa shape index (κ3) is 2.18. The van der Waals surface area contributed by atoms with Crippen molar-refractivity contribution in [2.75, 3.05) is 7.11 Å². The number of nitrogens with zero attached hydrogens (tertiary/aromatic N) is 1. The van der Waals surface area contributed by atoms with Gasteiger partial charge >= 0.3 is 0 Å². The number of carbonyl (C=O) groups is 1. The minimum atomic E-state index is -0.607. The average Bonchev–Trinajstić information content (AvgIpc) is 3.01. The third-order valence-electron chi connectivity index (χ3n) is 2.11. The van der Waals surface area contributed by atoms with Crippen LogP contribution in [0, 0.1) is 0 Å². The van der Waals surface area contributed by atoms with Crippen LogP contribution in [-0.2, 0) is 0 Å². The molecule has 1 aromatic heterocycles. The van der Waals surface area contributed by atoms with Crippen LogP contribution in [-0.4, -0.2) is 24.1 Å². The number of ether oxygens (including phenoxy) is 2. The fourth-order valence-electron chi connectivity index (χ4n) is 1.21. The monoisotopic (exact) mass is 208 g/mol. The van der Waals surface area contributed by atoms with Crippen molar-refractivity contribution in [3.63, 3.8) is 0 Å². The summed E-state index contributed by atoms with van der Waals surface area (Å²) in [6, 6.07) is 1.63. The van der Waals surface area contributed by atoms with Crippen LogP contribution in [0.4, 0.5) is 0 Å². The van der Waals surface area contributed by atoms with Crippen LogP contribution >= 0.6 is 0 Å². The fraction of sp³-hybridized carbons (Fsp3) is 0.400. The lowest BCUT2D eigenvalue weighted by Gasteiger charge is -2.08. The normalized spacial score (nSPS) is 14.7. The molecule has 0 spiro atoms. The first-order valence-corrected chi connectivity index (χ1v) is 4.71. The first-order valence-electron chi connectivity index (χ1n) is 4.71. The first kappa shape index (κ1) is 9.76. The second-order valence-corrected chi connectivity index (χ2v) is 3.40. The quantitative estimate of drug-likeness (QED) is 0.791. The molecule has 5 heteroatoms. The Balaban J connectivity index is 2.24. The summed E-state index contributed by atoms with van der Waals surface area (Å²) < 4.78 is 10.5. The van der Waals surface area contributed by atoms with Crippen molar-refractivity contribution in [3.8, 4) is 11.5 Å². The zero-order chi connectivity index (χ0) is 10.8. The van der Waals surface area contributed by atoms with Crippen LogP contribution < -0.4 is 15.2 Å². The van der Waals surface area contributed by atoms with Crippen LogP contribution in [0.25, 0.3) is 0 Å².